The Morgan fingerprint density at radius 1 is 1.11 bits per heavy atom. The first kappa shape index (κ1) is 21.1. The lowest BCUT2D eigenvalue weighted by atomic mass is 9.82. The molecule has 1 unspecified atom stereocenters. The molecule has 6 nitrogen and oxygen atoms in total. The molecule has 2 aromatic rings. The van der Waals surface area contributed by atoms with E-state index in [4.69, 9.17) is 4.74 Å². The van der Waals surface area contributed by atoms with Gasteiger partial charge in [-0.15, -0.1) is 0 Å². The third-order valence-corrected chi connectivity index (χ3v) is 4.57. The van der Waals surface area contributed by atoms with Gasteiger partial charge in [0.1, 0.15) is 5.41 Å². The van der Waals surface area contributed by atoms with Crippen LogP contribution in [0.15, 0.2) is 48.5 Å². The minimum Gasteiger partial charge on any atom is -0.494 e. The van der Waals surface area contributed by atoms with E-state index in [1.54, 1.807) is 30.3 Å². The molecule has 1 atom stereocenters. The first-order valence-electron chi connectivity index (χ1n) is 8.70. The SMILES string of the molecule is COc1ccc(C(=O)CCC(=O)NCC(C)(C(=O)O)c2ccccc2)cc1F. The summed E-state index contributed by atoms with van der Waals surface area (Å²) in [5.41, 5.74) is -0.585. The second kappa shape index (κ2) is 9.12. The summed E-state index contributed by atoms with van der Waals surface area (Å²) in [5, 5.41) is 12.2. The Hall–Kier alpha value is -3.22. The molecular weight excluding hydrogens is 365 g/mol. The van der Waals surface area contributed by atoms with E-state index in [0.717, 1.165) is 6.07 Å². The molecule has 0 aliphatic heterocycles. The van der Waals surface area contributed by atoms with Crippen molar-refractivity contribution in [3.05, 3.63) is 65.5 Å². The number of methoxy groups -OCH3 is 1. The Bertz CT molecular complexity index is 868. The van der Waals surface area contributed by atoms with Crippen LogP contribution in [0, 0.1) is 5.82 Å². The molecule has 0 spiro atoms. The van der Waals surface area contributed by atoms with Crippen LogP contribution in [0.5, 0.6) is 5.75 Å². The number of amides is 1. The van der Waals surface area contributed by atoms with Crippen LogP contribution in [-0.4, -0.2) is 36.4 Å². The zero-order valence-corrected chi connectivity index (χ0v) is 15.7. The quantitative estimate of drug-likeness (QED) is 0.646. The molecule has 0 fully saturated rings. The predicted molar refractivity (Wildman–Crippen MR) is 101 cm³/mol. The summed E-state index contributed by atoms with van der Waals surface area (Å²) in [4.78, 5) is 36.0. The van der Waals surface area contributed by atoms with Crippen LogP contribution in [-0.2, 0) is 15.0 Å². The van der Waals surface area contributed by atoms with Crippen molar-refractivity contribution in [2.24, 2.45) is 0 Å². The van der Waals surface area contributed by atoms with Gasteiger partial charge in [-0.1, -0.05) is 30.3 Å². The van der Waals surface area contributed by atoms with Gasteiger partial charge in [0.2, 0.25) is 5.91 Å². The van der Waals surface area contributed by atoms with Gasteiger partial charge < -0.3 is 15.2 Å². The minimum atomic E-state index is -1.29. The Morgan fingerprint density at radius 3 is 2.36 bits per heavy atom. The second-order valence-corrected chi connectivity index (χ2v) is 6.55. The molecule has 0 aromatic heterocycles. The van der Waals surface area contributed by atoms with Gasteiger partial charge in [-0.3, -0.25) is 14.4 Å². The van der Waals surface area contributed by atoms with E-state index in [9.17, 15) is 23.9 Å². The number of rotatable bonds is 9. The van der Waals surface area contributed by atoms with Crippen molar-refractivity contribution in [3.63, 3.8) is 0 Å². The maximum absolute atomic E-state index is 13.7. The number of ketones is 1. The normalized spacial score (nSPS) is 12.7. The maximum Gasteiger partial charge on any atom is 0.315 e. The Kier molecular flexibility index (Phi) is 6.87. The van der Waals surface area contributed by atoms with E-state index in [2.05, 4.69) is 5.32 Å². The molecule has 148 valence electrons. The van der Waals surface area contributed by atoms with E-state index >= 15 is 0 Å². The topological polar surface area (TPSA) is 92.7 Å². The van der Waals surface area contributed by atoms with Crippen molar-refractivity contribution in [3.8, 4) is 5.75 Å². The largest absolute Gasteiger partial charge is 0.494 e. The van der Waals surface area contributed by atoms with Crippen molar-refractivity contribution in [1.29, 1.82) is 0 Å². The zero-order valence-electron chi connectivity index (χ0n) is 15.7. The highest BCUT2D eigenvalue weighted by molar-refractivity contribution is 5.98. The molecule has 0 bridgehead atoms. The van der Waals surface area contributed by atoms with Gasteiger partial charge in [-0.05, 0) is 30.7 Å². The average molecular weight is 387 g/mol. The molecule has 28 heavy (non-hydrogen) atoms. The fraction of sp³-hybridized carbons (Fsp3) is 0.286. The third kappa shape index (κ3) is 4.94. The molecular formula is C21H22FNO5. The predicted octanol–water partition coefficient (Wildman–Crippen LogP) is 2.96. The summed E-state index contributed by atoms with van der Waals surface area (Å²) in [7, 11) is 1.32. The van der Waals surface area contributed by atoms with Crippen molar-refractivity contribution in [2.75, 3.05) is 13.7 Å². The highest BCUT2D eigenvalue weighted by atomic mass is 19.1. The lowest BCUT2D eigenvalue weighted by Crippen LogP contribution is -2.44. The molecule has 2 aromatic carbocycles. The molecule has 0 saturated carbocycles. The van der Waals surface area contributed by atoms with Gasteiger partial charge in [0.05, 0.1) is 7.11 Å². The summed E-state index contributed by atoms with van der Waals surface area (Å²) < 4.78 is 18.5. The summed E-state index contributed by atoms with van der Waals surface area (Å²) in [6.45, 7) is 1.41. The van der Waals surface area contributed by atoms with E-state index < -0.39 is 23.1 Å². The summed E-state index contributed by atoms with van der Waals surface area (Å²) in [6.07, 6.45) is -0.246. The molecule has 0 aliphatic carbocycles. The third-order valence-electron chi connectivity index (χ3n) is 4.57. The van der Waals surface area contributed by atoms with E-state index in [1.165, 1.54) is 26.2 Å². The van der Waals surface area contributed by atoms with E-state index in [0.29, 0.717) is 5.56 Å². The molecule has 0 saturated heterocycles. The zero-order chi connectivity index (χ0) is 20.7. The standard InChI is InChI=1S/C21H22FNO5/c1-21(20(26)27,15-6-4-3-5-7-15)13-23-19(25)11-9-17(24)14-8-10-18(28-2)16(22)12-14/h3-8,10,12H,9,11,13H2,1-2H3,(H,23,25)(H,26,27). The van der Waals surface area contributed by atoms with Crippen LogP contribution in [0.3, 0.4) is 0 Å². The number of benzene rings is 2. The molecule has 7 heteroatoms. The van der Waals surface area contributed by atoms with Gasteiger partial charge in [-0.2, -0.15) is 0 Å². The minimum absolute atomic E-state index is 0.0307. The fourth-order valence-corrected chi connectivity index (χ4v) is 2.68. The van der Waals surface area contributed by atoms with Crippen LogP contribution in [0.1, 0.15) is 35.7 Å². The number of ether oxygens (including phenoxy) is 1. The first-order valence-corrected chi connectivity index (χ1v) is 8.70. The molecule has 2 N–H and O–H groups in total. The highest BCUT2D eigenvalue weighted by Gasteiger charge is 2.35. The van der Waals surface area contributed by atoms with Crippen molar-refractivity contribution >= 4 is 17.7 Å². The maximum atomic E-state index is 13.7. The number of halogens is 1. The summed E-state index contributed by atoms with van der Waals surface area (Å²) in [6, 6.07) is 12.4. The van der Waals surface area contributed by atoms with Crippen LogP contribution in [0.2, 0.25) is 0 Å². The Balaban J connectivity index is 1.94. The van der Waals surface area contributed by atoms with Gasteiger partial charge in [0, 0.05) is 24.9 Å². The molecule has 2 rings (SSSR count). The molecule has 0 radical (unpaired) electrons. The lowest BCUT2D eigenvalue weighted by Gasteiger charge is -2.25. The van der Waals surface area contributed by atoms with E-state index in [1.807, 2.05) is 0 Å². The number of carboxylic acid groups (broad SMARTS) is 1. The Labute approximate surface area is 162 Å². The van der Waals surface area contributed by atoms with Crippen molar-refractivity contribution in [2.45, 2.75) is 25.2 Å². The number of Topliss-reactive ketones (excluding diaryl/α,β-unsaturated/α-hetero) is 1. The van der Waals surface area contributed by atoms with Crippen LogP contribution in [0.25, 0.3) is 0 Å². The molecule has 1 amide bonds. The molecule has 0 aliphatic rings. The monoisotopic (exact) mass is 387 g/mol. The van der Waals surface area contributed by atoms with Crippen LogP contribution < -0.4 is 10.1 Å². The van der Waals surface area contributed by atoms with Crippen LogP contribution in [0.4, 0.5) is 4.39 Å². The average Bonchev–Trinajstić information content (AvgIpc) is 2.70. The number of aliphatic carboxylic acids is 1. The highest BCUT2D eigenvalue weighted by Crippen LogP contribution is 2.23. The van der Waals surface area contributed by atoms with Gasteiger partial charge >= 0.3 is 5.97 Å². The van der Waals surface area contributed by atoms with E-state index in [-0.39, 0.29) is 36.5 Å². The summed E-state index contributed by atoms with van der Waals surface area (Å²) in [5.74, 6) is -2.53. The number of hydrogen-bond donors (Lipinski definition) is 2. The van der Waals surface area contributed by atoms with Crippen molar-refractivity contribution < 1.29 is 28.6 Å². The number of hydrogen-bond acceptors (Lipinski definition) is 4. The second-order valence-electron chi connectivity index (χ2n) is 6.55. The lowest BCUT2D eigenvalue weighted by molar-refractivity contribution is -0.143. The smallest absolute Gasteiger partial charge is 0.315 e. The fourth-order valence-electron chi connectivity index (χ4n) is 2.68. The van der Waals surface area contributed by atoms with Crippen molar-refractivity contribution in [1.82, 2.24) is 5.32 Å². The van der Waals surface area contributed by atoms with Gasteiger partial charge in [0.25, 0.3) is 0 Å². The summed E-state index contributed by atoms with van der Waals surface area (Å²) >= 11 is 0. The number of carbonyl (C=O) groups is 3. The number of carbonyl (C=O) groups excluding carboxylic acids is 2. The number of nitrogens with one attached hydrogen (secondary N) is 1. The van der Waals surface area contributed by atoms with Gasteiger partial charge in [0.15, 0.2) is 17.3 Å². The van der Waals surface area contributed by atoms with Crippen LogP contribution >= 0.6 is 0 Å². The Morgan fingerprint density at radius 2 is 1.79 bits per heavy atom. The first-order chi connectivity index (χ1) is 13.3. The molecule has 0 heterocycles. The number of carboxylic acids is 1. The van der Waals surface area contributed by atoms with Gasteiger partial charge in [-0.25, -0.2) is 4.39 Å².